The second-order valence-corrected chi connectivity index (χ2v) is 5.47. The molecule has 0 aliphatic rings. The second-order valence-electron chi connectivity index (χ2n) is 4.53. The molecule has 0 aliphatic carbocycles. The molecular weight excluding hydrogens is 262 g/mol. The highest BCUT2D eigenvalue weighted by atomic mass is 32.1. The molecule has 0 saturated heterocycles. The minimum atomic E-state index is 0.00981. The first-order valence-electron chi connectivity index (χ1n) is 6.12. The third-order valence-corrected chi connectivity index (χ3v) is 3.92. The molecule has 7 heteroatoms. The molecule has 0 saturated carbocycles. The lowest BCUT2D eigenvalue weighted by Crippen LogP contribution is -2.30. The number of nitrogens with two attached hydrogens (primary N) is 1. The van der Waals surface area contributed by atoms with Crippen molar-refractivity contribution < 1.29 is 4.74 Å². The Hall–Kier alpha value is -1.44. The molecule has 3 N–H and O–H groups in total. The molecule has 2 aromatic rings. The number of rotatable bonds is 6. The number of nitrogens with one attached hydrogen (secondary N) is 1. The summed E-state index contributed by atoms with van der Waals surface area (Å²) >= 11 is 1.62. The molecule has 2 aromatic heterocycles. The summed E-state index contributed by atoms with van der Waals surface area (Å²) in [6, 6.07) is 2.29. The molecule has 0 amide bonds. The van der Waals surface area contributed by atoms with Crippen LogP contribution in [-0.4, -0.2) is 21.9 Å². The lowest BCUT2D eigenvalue weighted by molar-refractivity contribution is 0.415. The number of nitrogens with zero attached hydrogens (tertiary/aromatic N) is 3. The molecule has 0 spiro atoms. The van der Waals surface area contributed by atoms with Crippen molar-refractivity contribution in [2.45, 2.75) is 32.4 Å². The number of hydrazine groups is 1. The summed E-state index contributed by atoms with van der Waals surface area (Å²) in [5.74, 6) is 7.43. The lowest BCUT2D eigenvalue weighted by atomic mass is 10.1. The first-order chi connectivity index (χ1) is 9.15. The van der Waals surface area contributed by atoms with Crippen molar-refractivity contribution in [1.29, 1.82) is 0 Å². The van der Waals surface area contributed by atoms with Crippen LogP contribution in [0.4, 0.5) is 0 Å². The third kappa shape index (κ3) is 3.12. The molecule has 0 aromatic carbocycles. The first kappa shape index (κ1) is 14.0. The van der Waals surface area contributed by atoms with Crippen LogP contribution in [-0.2, 0) is 6.42 Å². The van der Waals surface area contributed by atoms with Crippen molar-refractivity contribution >= 4 is 11.3 Å². The Morgan fingerprint density at radius 2 is 2.32 bits per heavy atom. The SMILES string of the molecule is COc1csc(C(Cc2ncnn2C(C)C)NN)c1. The summed E-state index contributed by atoms with van der Waals surface area (Å²) in [4.78, 5) is 5.43. The van der Waals surface area contributed by atoms with Crippen LogP contribution in [0.1, 0.15) is 36.6 Å². The quantitative estimate of drug-likeness (QED) is 0.622. The number of hydrogen-bond donors (Lipinski definition) is 2. The Morgan fingerprint density at radius 3 is 2.89 bits per heavy atom. The molecule has 6 nitrogen and oxygen atoms in total. The van der Waals surface area contributed by atoms with Gasteiger partial charge in [0.15, 0.2) is 0 Å². The van der Waals surface area contributed by atoms with E-state index >= 15 is 0 Å². The summed E-state index contributed by atoms with van der Waals surface area (Å²) in [5.41, 5.74) is 2.83. The maximum absolute atomic E-state index is 5.66. The van der Waals surface area contributed by atoms with Gasteiger partial charge in [-0.05, 0) is 19.9 Å². The van der Waals surface area contributed by atoms with E-state index < -0.39 is 0 Å². The monoisotopic (exact) mass is 281 g/mol. The van der Waals surface area contributed by atoms with Crippen LogP contribution in [0, 0.1) is 0 Å². The van der Waals surface area contributed by atoms with Crippen molar-refractivity contribution in [2.24, 2.45) is 5.84 Å². The fourth-order valence-electron chi connectivity index (χ4n) is 1.90. The van der Waals surface area contributed by atoms with Gasteiger partial charge in [0.05, 0.1) is 13.2 Å². The van der Waals surface area contributed by atoms with E-state index in [-0.39, 0.29) is 12.1 Å². The number of methoxy groups -OCH3 is 1. The molecule has 2 heterocycles. The van der Waals surface area contributed by atoms with Crippen molar-refractivity contribution in [3.8, 4) is 5.75 Å². The van der Waals surface area contributed by atoms with E-state index in [1.807, 2.05) is 16.1 Å². The number of hydrogen-bond acceptors (Lipinski definition) is 6. The minimum absolute atomic E-state index is 0.00981. The highest BCUT2D eigenvalue weighted by Gasteiger charge is 2.17. The molecule has 2 rings (SSSR count). The van der Waals surface area contributed by atoms with E-state index in [1.54, 1.807) is 24.8 Å². The second kappa shape index (κ2) is 6.14. The number of thiophene rings is 1. The molecule has 1 unspecified atom stereocenters. The molecule has 19 heavy (non-hydrogen) atoms. The van der Waals surface area contributed by atoms with Gasteiger partial charge in [0.2, 0.25) is 0 Å². The average molecular weight is 281 g/mol. The van der Waals surface area contributed by atoms with E-state index in [2.05, 4.69) is 29.4 Å². The van der Waals surface area contributed by atoms with Crippen molar-refractivity contribution in [3.63, 3.8) is 0 Å². The van der Waals surface area contributed by atoms with Crippen LogP contribution in [0.2, 0.25) is 0 Å². The van der Waals surface area contributed by atoms with Crippen LogP contribution >= 0.6 is 11.3 Å². The minimum Gasteiger partial charge on any atom is -0.496 e. The van der Waals surface area contributed by atoms with Crippen molar-refractivity contribution in [3.05, 3.63) is 28.5 Å². The Bertz CT molecular complexity index is 522. The molecule has 0 radical (unpaired) electrons. The van der Waals surface area contributed by atoms with Gasteiger partial charge in [-0.15, -0.1) is 11.3 Å². The van der Waals surface area contributed by atoms with Gasteiger partial charge < -0.3 is 4.74 Å². The third-order valence-electron chi connectivity index (χ3n) is 2.90. The summed E-state index contributed by atoms with van der Waals surface area (Å²) in [7, 11) is 1.66. The lowest BCUT2D eigenvalue weighted by Gasteiger charge is -2.15. The van der Waals surface area contributed by atoms with E-state index in [4.69, 9.17) is 10.6 Å². The topological polar surface area (TPSA) is 78.0 Å². The predicted molar refractivity (Wildman–Crippen MR) is 75.0 cm³/mol. The fourth-order valence-corrected chi connectivity index (χ4v) is 2.82. The van der Waals surface area contributed by atoms with Crippen LogP contribution in [0.5, 0.6) is 5.75 Å². The molecule has 1 atom stereocenters. The van der Waals surface area contributed by atoms with Crippen molar-refractivity contribution in [1.82, 2.24) is 20.2 Å². The zero-order chi connectivity index (χ0) is 13.8. The van der Waals surface area contributed by atoms with Crippen LogP contribution in [0.25, 0.3) is 0 Å². The summed E-state index contributed by atoms with van der Waals surface area (Å²) in [5, 5.41) is 6.20. The Balaban J connectivity index is 2.16. The smallest absolute Gasteiger partial charge is 0.138 e. The van der Waals surface area contributed by atoms with Gasteiger partial charge in [0.25, 0.3) is 0 Å². The zero-order valence-corrected chi connectivity index (χ0v) is 12.1. The Kier molecular flexibility index (Phi) is 4.52. The van der Waals surface area contributed by atoms with Crippen LogP contribution < -0.4 is 16.0 Å². The van der Waals surface area contributed by atoms with E-state index in [0.717, 1.165) is 16.5 Å². The van der Waals surface area contributed by atoms with Crippen molar-refractivity contribution in [2.75, 3.05) is 7.11 Å². The maximum Gasteiger partial charge on any atom is 0.138 e. The predicted octanol–water partition coefficient (Wildman–Crippen LogP) is 1.68. The number of ether oxygens (including phenoxy) is 1. The van der Waals surface area contributed by atoms with Gasteiger partial charge in [-0.2, -0.15) is 5.10 Å². The first-order valence-corrected chi connectivity index (χ1v) is 7.00. The largest absolute Gasteiger partial charge is 0.496 e. The van der Waals surface area contributed by atoms with Gasteiger partial charge in [-0.25, -0.2) is 9.67 Å². The summed E-state index contributed by atoms with van der Waals surface area (Å²) < 4.78 is 7.11. The zero-order valence-electron chi connectivity index (χ0n) is 11.3. The highest BCUT2D eigenvalue weighted by molar-refractivity contribution is 7.10. The molecule has 0 fully saturated rings. The Morgan fingerprint density at radius 1 is 1.53 bits per heavy atom. The maximum atomic E-state index is 5.66. The van der Waals surface area contributed by atoms with Crippen LogP contribution in [0.3, 0.4) is 0 Å². The standard InChI is InChI=1S/C12H19N5OS/c1-8(2)17-12(14-7-15-17)5-10(16-13)11-4-9(18-3)6-19-11/h4,6-8,10,16H,5,13H2,1-3H3. The van der Waals surface area contributed by atoms with E-state index in [9.17, 15) is 0 Å². The average Bonchev–Trinajstić information content (AvgIpc) is 3.04. The van der Waals surface area contributed by atoms with Gasteiger partial charge in [0.1, 0.15) is 17.9 Å². The van der Waals surface area contributed by atoms with Gasteiger partial charge in [0, 0.05) is 22.7 Å². The van der Waals surface area contributed by atoms with E-state index in [1.165, 1.54) is 0 Å². The normalized spacial score (nSPS) is 12.9. The van der Waals surface area contributed by atoms with E-state index in [0.29, 0.717) is 6.42 Å². The van der Waals surface area contributed by atoms with Gasteiger partial charge in [-0.3, -0.25) is 11.3 Å². The molecule has 104 valence electrons. The van der Waals surface area contributed by atoms with Crippen LogP contribution in [0.15, 0.2) is 17.8 Å². The van der Waals surface area contributed by atoms with Gasteiger partial charge >= 0.3 is 0 Å². The fraction of sp³-hybridized carbons (Fsp3) is 0.500. The molecule has 0 bridgehead atoms. The summed E-state index contributed by atoms with van der Waals surface area (Å²) in [6.07, 6.45) is 2.27. The molecular formula is C12H19N5OS. The highest BCUT2D eigenvalue weighted by Crippen LogP contribution is 2.28. The summed E-state index contributed by atoms with van der Waals surface area (Å²) in [6.45, 7) is 4.16. The molecule has 0 aliphatic heterocycles. The number of aromatic nitrogens is 3. The van der Waals surface area contributed by atoms with Gasteiger partial charge in [-0.1, -0.05) is 0 Å². The Labute approximate surface area is 116 Å².